The molecule has 2 amide bonds. The third kappa shape index (κ3) is 8.53. The summed E-state index contributed by atoms with van der Waals surface area (Å²) in [5.41, 5.74) is 0.791. The highest BCUT2D eigenvalue weighted by atomic mass is 35.5. The van der Waals surface area contributed by atoms with Gasteiger partial charge in [-0.05, 0) is 79.1 Å². The summed E-state index contributed by atoms with van der Waals surface area (Å²) in [5.74, 6) is -0.444. The molecule has 1 N–H and O–H groups in total. The molecule has 0 aliphatic heterocycles. The zero-order valence-electron chi connectivity index (χ0n) is 23.6. The predicted molar refractivity (Wildman–Crippen MR) is 168 cm³/mol. The lowest BCUT2D eigenvalue weighted by Crippen LogP contribution is -2.52. The van der Waals surface area contributed by atoms with E-state index in [0.717, 1.165) is 17.1 Å². The molecule has 0 aliphatic carbocycles. The highest BCUT2D eigenvalue weighted by Gasteiger charge is 2.34. The van der Waals surface area contributed by atoms with Gasteiger partial charge < -0.3 is 15.0 Å². The molecule has 1 atom stereocenters. The summed E-state index contributed by atoms with van der Waals surface area (Å²) in [6, 6.07) is 16.0. The Kier molecular flexibility index (Phi) is 12.4. The summed E-state index contributed by atoms with van der Waals surface area (Å²) in [7, 11) is -2.76. The van der Waals surface area contributed by atoms with Crippen LogP contribution in [-0.2, 0) is 26.2 Å². The number of ether oxygens (including phenoxy) is 1. The summed E-state index contributed by atoms with van der Waals surface area (Å²) in [6.45, 7) is 3.64. The minimum atomic E-state index is -4.23. The fourth-order valence-electron chi connectivity index (χ4n) is 4.27. The molecule has 3 aromatic carbocycles. The topological polar surface area (TPSA) is 96.0 Å². The maximum atomic E-state index is 14.1. The van der Waals surface area contributed by atoms with Crippen molar-refractivity contribution in [3.05, 3.63) is 87.4 Å². The lowest BCUT2D eigenvalue weighted by molar-refractivity contribution is -0.140. The summed E-state index contributed by atoms with van der Waals surface area (Å²) >= 11 is 18.6. The number of hydrogen-bond acceptors (Lipinski definition) is 5. The van der Waals surface area contributed by atoms with Crippen molar-refractivity contribution >= 4 is 62.3 Å². The Morgan fingerprint density at radius 2 is 1.57 bits per heavy atom. The Hall–Kier alpha value is -2.98. The molecule has 0 fully saturated rings. The SMILES string of the molecule is CCCCNC(=O)[C@H](CC)N(Cc1ccc(Cl)cc1Cl)C(=O)CN(c1ccc(Cl)cc1)S(=O)(=O)c1ccc(OC)cc1. The van der Waals surface area contributed by atoms with E-state index in [1.165, 1.54) is 48.4 Å². The molecule has 3 rings (SSSR count). The normalized spacial score (nSPS) is 12.0. The molecule has 8 nitrogen and oxygen atoms in total. The van der Waals surface area contributed by atoms with Gasteiger partial charge in [-0.2, -0.15) is 0 Å². The first-order valence-corrected chi connectivity index (χ1v) is 16.0. The van der Waals surface area contributed by atoms with Crippen LogP contribution < -0.4 is 14.4 Å². The molecule has 0 aliphatic rings. The van der Waals surface area contributed by atoms with E-state index in [4.69, 9.17) is 39.5 Å². The van der Waals surface area contributed by atoms with E-state index in [1.807, 2.05) is 6.92 Å². The highest BCUT2D eigenvalue weighted by molar-refractivity contribution is 7.92. The lowest BCUT2D eigenvalue weighted by Gasteiger charge is -2.33. The smallest absolute Gasteiger partial charge is 0.264 e. The van der Waals surface area contributed by atoms with E-state index in [2.05, 4.69) is 5.32 Å². The Morgan fingerprint density at radius 3 is 2.14 bits per heavy atom. The third-order valence-corrected chi connectivity index (χ3v) is 9.24. The van der Waals surface area contributed by atoms with Crippen LogP contribution in [0.2, 0.25) is 15.1 Å². The van der Waals surface area contributed by atoms with Crippen LogP contribution >= 0.6 is 34.8 Å². The maximum Gasteiger partial charge on any atom is 0.264 e. The van der Waals surface area contributed by atoms with Crippen molar-refractivity contribution in [2.45, 2.75) is 50.6 Å². The van der Waals surface area contributed by atoms with Gasteiger partial charge in [0.1, 0.15) is 18.3 Å². The molecule has 0 heterocycles. The number of amides is 2. The molecule has 0 radical (unpaired) electrons. The first kappa shape index (κ1) is 33.5. The van der Waals surface area contributed by atoms with Gasteiger partial charge >= 0.3 is 0 Å². The predicted octanol–water partition coefficient (Wildman–Crippen LogP) is 6.57. The number of halogens is 3. The number of unbranched alkanes of at least 4 members (excludes halogenated alkanes) is 1. The number of anilines is 1. The average molecular weight is 655 g/mol. The van der Waals surface area contributed by atoms with E-state index < -0.39 is 28.5 Å². The van der Waals surface area contributed by atoms with Crippen molar-refractivity contribution in [3.8, 4) is 5.75 Å². The Balaban J connectivity index is 2.05. The van der Waals surface area contributed by atoms with Gasteiger partial charge in [0.2, 0.25) is 11.8 Å². The fraction of sp³-hybridized carbons (Fsp3) is 0.333. The Labute approximate surface area is 262 Å². The maximum absolute atomic E-state index is 14.1. The second-order valence-electron chi connectivity index (χ2n) is 9.49. The number of carbonyl (C=O) groups excluding carboxylic acids is 2. The van der Waals surface area contributed by atoms with E-state index in [1.54, 1.807) is 37.3 Å². The molecule has 0 saturated carbocycles. The van der Waals surface area contributed by atoms with Crippen LogP contribution in [0, 0.1) is 0 Å². The Morgan fingerprint density at radius 1 is 0.929 bits per heavy atom. The number of rotatable bonds is 14. The van der Waals surface area contributed by atoms with Crippen LogP contribution in [0.3, 0.4) is 0 Å². The zero-order chi connectivity index (χ0) is 30.9. The minimum absolute atomic E-state index is 0.0361. The van der Waals surface area contributed by atoms with Crippen LogP contribution in [0.1, 0.15) is 38.7 Å². The van der Waals surface area contributed by atoms with Crippen LogP contribution in [0.25, 0.3) is 0 Å². The van der Waals surface area contributed by atoms with E-state index in [0.29, 0.717) is 39.3 Å². The van der Waals surface area contributed by atoms with E-state index in [9.17, 15) is 18.0 Å². The average Bonchev–Trinajstić information content (AvgIpc) is 2.97. The molecule has 0 unspecified atom stereocenters. The summed E-state index contributed by atoms with van der Waals surface area (Å²) in [6.07, 6.45) is 1.96. The van der Waals surface area contributed by atoms with Crippen molar-refractivity contribution in [3.63, 3.8) is 0 Å². The molecule has 12 heteroatoms. The standard InChI is InChI=1S/C30H34Cl3N3O5S/c1-4-6-17-34-30(38)28(5-2)35(19-21-7-8-23(32)18-27(21)33)29(37)20-36(24-11-9-22(31)10-12-24)42(39,40)26-15-13-25(41-3)14-16-26/h7-16,18,28H,4-6,17,19-20H2,1-3H3,(H,34,38)/t28-/m0/s1. The first-order chi connectivity index (χ1) is 20.0. The number of benzene rings is 3. The largest absolute Gasteiger partial charge is 0.497 e. The molecule has 42 heavy (non-hydrogen) atoms. The van der Waals surface area contributed by atoms with E-state index in [-0.39, 0.29) is 23.0 Å². The minimum Gasteiger partial charge on any atom is -0.497 e. The number of nitrogens with zero attached hydrogens (tertiary/aromatic N) is 2. The van der Waals surface area contributed by atoms with Crippen molar-refractivity contribution in [1.82, 2.24) is 10.2 Å². The number of nitrogens with one attached hydrogen (secondary N) is 1. The van der Waals surface area contributed by atoms with Gasteiger partial charge in [-0.1, -0.05) is 61.1 Å². The number of methoxy groups -OCH3 is 1. The number of hydrogen-bond donors (Lipinski definition) is 1. The van der Waals surface area contributed by atoms with Gasteiger partial charge in [-0.15, -0.1) is 0 Å². The van der Waals surface area contributed by atoms with Gasteiger partial charge in [0.05, 0.1) is 17.7 Å². The molecule has 3 aromatic rings. The summed E-state index contributed by atoms with van der Waals surface area (Å²) < 4.78 is 34.0. The number of carbonyl (C=O) groups is 2. The molecule has 0 saturated heterocycles. The lowest BCUT2D eigenvalue weighted by atomic mass is 10.1. The van der Waals surface area contributed by atoms with Gasteiger partial charge in [-0.3, -0.25) is 13.9 Å². The monoisotopic (exact) mass is 653 g/mol. The number of sulfonamides is 1. The fourth-order valence-corrected chi connectivity index (χ4v) is 6.28. The van der Waals surface area contributed by atoms with Gasteiger partial charge in [0.15, 0.2) is 0 Å². The van der Waals surface area contributed by atoms with Crippen LogP contribution in [0.15, 0.2) is 71.6 Å². The van der Waals surface area contributed by atoms with Crippen LogP contribution in [0.4, 0.5) is 5.69 Å². The quantitative estimate of drug-likeness (QED) is 0.198. The molecule has 0 aromatic heterocycles. The summed E-state index contributed by atoms with van der Waals surface area (Å²) in [4.78, 5) is 28.7. The third-order valence-electron chi connectivity index (χ3n) is 6.61. The van der Waals surface area contributed by atoms with Crippen molar-refractivity contribution in [1.29, 1.82) is 0 Å². The molecule has 0 spiro atoms. The zero-order valence-corrected chi connectivity index (χ0v) is 26.7. The van der Waals surface area contributed by atoms with Crippen LogP contribution in [-0.4, -0.2) is 51.4 Å². The van der Waals surface area contributed by atoms with Crippen molar-refractivity contribution < 1.29 is 22.7 Å². The second-order valence-corrected chi connectivity index (χ2v) is 12.6. The second kappa shape index (κ2) is 15.5. The highest BCUT2D eigenvalue weighted by Crippen LogP contribution is 2.28. The van der Waals surface area contributed by atoms with Crippen molar-refractivity contribution in [2.75, 3.05) is 24.5 Å². The Bertz CT molecular complexity index is 1470. The van der Waals surface area contributed by atoms with Crippen LogP contribution in [0.5, 0.6) is 5.75 Å². The molecule has 0 bridgehead atoms. The van der Waals surface area contributed by atoms with Crippen molar-refractivity contribution in [2.24, 2.45) is 0 Å². The van der Waals surface area contributed by atoms with E-state index >= 15 is 0 Å². The van der Waals surface area contributed by atoms with Gasteiger partial charge in [0, 0.05) is 28.2 Å². The summed E-state index contributed by atoms with van der Waals surface area (Å²) in [5, 5.41) is 4.04. The molecule has 226 valence electrons. The molecular formula is C30H34Cl3N3O5S. The molecular weight excluding hydrogens is 621 g/mol. The van der Waals surface area contributed by atoms with Gasteiger partial charge in [0.25, 0.3) is 10.0 Å². The first-order valence-electron chi connectivity index (χ1n) is 13.4. The van der Waals surface area contributed by atoms with Gasteiger partial charge in [-0.25, -0.2) is 8.42 Å².